The zero-order chi connectivity index (χ0) is 12.1. The lowest BCUT2D eigenvalue weighted by molar-refractivity contribution is -0.597. The Morgan fingerprint density at radius 2 is 1.76 bits per heavy atom. The Morgan fingerprint density at radius 1 is 1.06 bits per heavy atom. The van der Waals surface area contributed by atoms with E-state index in [0.29, 0.717) is 0 Å². The van der Waals surface area contributed by atoms with E-state index in [1.54, 1.807) is 7.11 Å². The molecule has 0 radical (unpaired) electrons. The average Bonchev–Trinajstić information content (AvgIpc) is 2.40. The Hall–Kier alpha value is -1.54. The number of hydrogen-bond donors (Lipinski definition) is 0. The van der Waals surface area contributed by atoms with Crippen molar-refractivity contribution >= 4 is 0 Å². The lowest BCUT2D eigenvalue weighted by Crippen LogP contribution is -3.61. The molecule has 2 rings (SSSR count). The third kappa shape index (κ3) is 2.98. The van der Waals surface area contributed by atoms with Gasteiger partial charge in [0.25, 0.3) is 0 Å². The summed E-state index contributed by atoms with van der Waals surface area (Å²) in [5.41, 5.74) is 0.788. The summed E-state index contributed by atoms with van der Waals surface area (Å²) in [4.78, 5) is 0. The predicted molar refractivity (Wildman–Crippen MR) is 61.5 cm³/mol. The van der Waals surface area contributed by atoms with Gasteiger partial charge in [-0.05, 0) is 36.4 Å². The topological polar surface area (TPSA) is 33.0 Å². The van der Waals surface area contributed by atoms with Gasteiger partial charge in [-0.15, -0.1) is 0 Å². The molecule has 3 heteroatoms. The van der Waals surface area contributed by atoms with Crippen LogP contribution in [-0.4, -0.2) is 7.11 Å². The second-order valence-corrected chi connectivity index (χ2v) is 6.29. The SMILES string of the molecule is COc1ccc([I+]c2ccccc2C#N)cc1. The molecule has 0 saturated carbocycles. The van der Waals surface area contributed by atoms with Crippen LogP contribution in [-0.2, 0) is 0 Å². The molecule has 0 aliphatic carbocycles. The van der Waals surface area contributed by atoms with E-state index >= 15 is 0 Å². The average molecular weight is 336 g/mol. The monoisotopic (exact) mass is 336 g/mol. The molecule has 0 amide bonds. The Balaban J connectivity index is 2.23. The van der Waals surface area contributed by atoms with Crippen molar-refractivity contribution in [3.05, 3.63) is 61.2 Å². The molecule has 0 N–H and O–H groups in total. The Labute approximate surface area is 111 Å². The Kier molecular flexibility index (Phi) is 3.99. The van der Waals surface area contributed by atoms with E-state index in [1.807, 2.05) is 36.4 Å². The first-order valence-electron chi connectivity index (χ1n) is 5.11. The molecule has 2 aromatic carbocycles. The number of methoxy groups -OCH3 is 1. The highest BCUT2D eigenvalue weighted by Crippen LogP contribution is 2.06. The number of nitrogens with zero attached hydrogens (tertiary/aromatic N) is 1. The molecule has 0 heterocycles. The van der Waals surface area contributed by atoms with Gasteiger partial charge in [0, 0.05) is 0 Å². The first-order valence-corrected chi connectivity index (χ1v) is 7.27. The van der Waals surface area contributed by atoms with Gasteiger partial charge in [-0.3, -0.25) is 0 Å². The van der Waals surface area contributed by atoms with Crippen LogP contribution in [0.1, 0.15) is 5.56 Å². The maximum Gasteiger partial charge on any atom is 0.359 e. The summed E-state index contributed by atoms with van der Waals surface area (Å²) < 4.78 is 7.57. The van der Waals surface area contributed by atoms with Gasteiger partial charge in [0.15, 0.2) is 3.57 Å². The van der Waals surface area contributed by atoms with Crippen molar-refractivity contribution in [3.63, 3.8) is 0 Å². The van der Waals surface area contributed by atoms with Crippen LogP contribution in [0.3, 0.4) is 0 Å². The van der Waals surface area contributed by atoms with E-state index in [2.05, 4.69) is 18.2 Å². The second kappa shape index (κ2) is 5.69. The zero-order valence-electron chi connectivity index (χ0n) is 9.35. The maximum absolute atomic E-state index is 9.03. The van der Waals surface area contributed by atoms with Gasteiger partial charge in [0.1, 0.15) is 17.4 Å². The largest absolute Gasteiger partial charge is 0.497 e. The number of halogens is 1. The van der Waals surface area contributed by atoms with Crippen molar-refractivity contribution in [1.82, 2.24) is 0 Å². The van der Waals surface area contributed by atoms with Gasteiger partial charge in [0.05, 0.1) is 7.11 Å². The Bertz CT molecular complexity index is 543. The minimum absolute atomic E-state index is 0.296. The number of hydrogen-bond acceptors (Lipinski definition) is 2. The summed E-state index contributed by atoms with van der Waals surface area (Å²) in [5.74, 6) is 0.867. The molecule has 0 aromatic heterocycles. The summed E-state index contributed by atoms with van der Waals surface area (Å²) in [6.45, 7) is 0. The van der Waals surface area contributed by atoms with E-state index in [4.69, 9.17) is 10.00 Å². The summed E-state index contributed by atoms with van der Waals surface area (Å²) in [6.07, 6.45) is 0. The van der Waals surface area contributed by atoms with Crippen molar-refractivity contribution in [2.45, 2.75) is 0 Å². The predicted octanol–water partition coefficient (Wildman–Crippen LogP) is -0.305. The highest BCUT2D eigenvalue weighted by Gasteiger charge is 2.19. The number of rotatable bonds is 3. The van der Waals surface area contributed by atoms with Crippen LogP contribution in [0.4, 0.5) is 0 Å². The van der Waals surface area contributed by atoms with E-state index < -0.39 is 0 Å². The standard InChI is InChI=1S/C14H11INO/c1-17-13-8-6-12(7-9-13)15-14-5-3-2-4-11(14)10-16/h2-9H,1H3/q+1. The molecule has 0 aliphatic rings. The van der Waals surface area contributed by atoms with Crippen LogP contribution in [0.5, 0.6) is 5.75 Å². The van der Waals surface area contributed by atoms with Gasteiger partial charge in [-0.1, -0.05) is 12.1 Å². The van der Waals surface area contributed by atoms with Gasteiger partial charge in [-0.25, -0.2) is 0 Å². The number of benzene rings is 2. The molecular weight excluding hydrogens is 325 g/mol. The molecule has 17 heavy (non-hydrogen) atoms. The van der Waals surface area contributed by atoms with Crippen molar-refractivity contribution in [2.24, 2.45) is 0 Å². The van der Waals surface area contributed by atoms with Crippen LogP contribution in [0.2, 0.25) is 0 Å². The minimum atomic E-state index is -0.296. The summed E-state index contributed by atoms with van der Waals surface area (Å²) in [7, 11) is 1.66. The fourth-order valence-electron chi connectivity index (χ4n) is 1.39. The lowest BCUT2D eigenvalue weighted by Gasteiger charge is -1.96. The van der Waals surface area contributed by atoms with E-state index in [1.165, 1.54) is 7.14 Å². The van der Waals surface area contributed by atoms with Crippen LogP contribution in [0.25, 0.3) is 0 Å². The van der Waals surface area contributed by atoms with Gasteiger partial charge < -0.3 is 4.74 Å². The molecule has 0 atom stereocenters. The van der Waals surface area contributed by atoms with E-state index in [0.717, 1.165) is 11.3 Å². The van der Waals surface area contributed by atoms with Gasteiger partial charge in [0.2, 0.25) is 3.57 Å². The first kappa shape index (κ1) is 11.9. The maximum atomic E-state index is 9.03. The van der Waals surface area contributed by atoms with Gasteiger partial charge in [-0.2, -0.15) is 5.26 Å². The summed E-state index contributed by atoms with van der Waals surface area (Å²) in [6, 6.07) is 18.1. The third-order valence-electron chi connectivity index (χ3n) is 2.25. The molecule has 2 aromatic rings. The van der Waals surface area contributed by atoms with E-state index in [9.17, 15) is 0 Å². The molecule has 0 fully saturated rings. The van der Waals surface area contributed by atoms with Gasteiger partial charge >= 0.3 is 21.2 Å². The molecular formula is C14H11INO+. The molecule has 0 bridgehead atoms. The second-order valence-electron chi connectivity index (χ2n) is 3.34. The number of ether oxygens (including phenoxy) is 1. The molecule has 84 valence electrons. The first-order chi connectivity index (χ1) is 8.33. The fourth-order valence-corrected chi connectivity index (χ4v) is 3.75. The van der Waals surface area contributed by atoms with Crippen LogP contribution >= 0.6 is 0 Å². The summed E-state index contributed by atoms with van der Waals surface area (Å²) in [5, 5.41) is 9.03. The number of nitriles is 1. The quantitative estimate of drug-likeness (QED) is 0.721. The minimum Gasteiger partial charge on any atom is -0.497 e. The summed E-state index contributed by atoms with van der Waals surface area (Å²) >= 11 is -0.296. The smallest absolute Gasteiger partial charge is 0.359 e. The fraction of sp³-hybridized carbons (Fsp3) is 0.0714. The zero-order valence-corrected chi connectivity index (χ0v) is 11.5. The Morgan fingerprint density at radius 3 is 2.41 bits per heavy atom. The molecule has 0 aliphatic heterocycles. The van der Waals surface area contributed by atoms with Crippen LogP contribution in [0, 0.1) is 18.5 Å². The molecule has 2 nitrogen and oxygen atoms in total. The molecule has 0 saturated heterocycles. The third-order valence-corrected chi connectivity index (χ3v) is 5.12. The highest BCUT2D eigenvalue weighted by molar-refractivity contribution is 5.27. The normalized spacial score (nSPS) is 9.65. The van der Waals surface area contributed by atoms with Crippen molar-refractivity contribution in [2.75, 3.05) is 7.11 Å². The lowest BCUT2D eigenvalue weighted by atomic mass is 10.2. The van der Waals surface area contributed by atoms with Crippen LogP contribution in [0.15, 0.2) is 48.5 Å². The molecule has 0 spiro atoms. The highest BCUT2D eigenvalue weighted by atomic mass is 127. The molecule has 0 unspecified atom stereocenters. The van der Waals surface area contributed by atoms with Crippen molar-refractivity contribution in [1.29, 1.82) is 5.26 Å². The van der Waals surface area contributed by atoms with Crippen molar-refractivity contribution < 1.29 is 25.9 Å². The van der Waals surface area contributed by atoms with E-state index in [-0.39, 0.29) is 21.2 Å². The van der Waals surface area contributed by atoms with Crippen molar-refractivity contribution in [3.8, 4) is 11.8 Å². The van der Waals surface area contributed by atoms with Crippen LogP contribution < -0.4 is 25.9 Å².